The molecule has 0 fully saturated rings. The third-order valence-electron chi connectivity index (χ3n) is 3.24. The van der Waals surface area contributed by atoms with Gasteiger partial charge in [0.05, 0.1) is 13.7 Å². The fraction of sp³-hybridized carbons (Fsp3) is 0.429. The zero-order chi connectivity index (χ0) is 18.7. The van der Waals surface area contributed by atoms with Crippen LogP contribution in [0.25, 0.3) is 0 Å². The number of aliphatic hydroxyl groups is 1. The number of carboxylic acids is 1. The Bertz CT molecular complexity index is 741. The second-order valence-electron chi connectivity index (χ2n) is 5.41. The van der Waals surface area contributed by atoms with Gasteiger partial charge in [-0.25, -0.2) is 17.5 Å². The number of amides is 1. The van der Waals surface area contributed by atoms with Crippen molar-refractivity contribution >= 4 is 21.9 Å². The maximum absolute atomic E-state index is 12.3. The lowest BCUT2D eigenvalue weighted by Gasteiger charge is -2.19. The molecule has 1 rings (SSSR count). The van der Waals surface area contributed by atoms with Crippen LogP contribution in [0.5, 0.6) is 5.75 Å². The molecular weight excluding hydrogens is 340 g/mol. The Labute approximate surface area is 139 Å². The minimum atomic E-state index is -3.85. The molecule has 0 saturated carbocycles. The molecule has 1 unspecified atom stereocenters. The zero-order valence-corrected chi connectivity index (χ0v) is 14.5. The van der Waals surface area contributed by atoms with Crippen LogP contribution in [0.1, 0.15) is 17.3 Å². The van der Waals surface area contributed by atoms with Gasteiger partial charge in [-0.3, -0.25) is 4.79 Å². The second-order valence-corrected chi connectivity index (χ2v) is 7.54. The van der Waals surface area contributed by atoms with Gasteiger partial charge in [-0.2, -0.15) is 0 Å². The number of sulfonamides is 1. The summed E-state index contributed by atoms with van der Waals surface area (Å²) in [5.41, 5.74) is -2.15. The van der Waals surface area contributed by atoms with Crippen molar-refractivity contribution < 1.29 is 33.0 Å². The number of nitrogens with one attached hydrogen (secondary N) is 1. The highest BCUT2D eigenvalue weighted by Crippen LogP contribution is 2.26. The monoisotopic (exact) mass is 360 g/mol. The van der Waals surface area contributed by atoms with E-state index in [4.69, 9.17) is 9.84 Å². The van der Waals surface area contributed by atoms with E-state index in [2.05, 4.69) is 5.32 Å². The first-order valence-corrected chi connectivity index (χ1v) is 8.22. The number of hydrogen-bond acceptors (Lipinski definition) is 6. The predicted octanol–water partition coefficient (Wildman–Crippen LogP) is -0.489. The molecule has 0 saturated heterocycles. The van der Waals surface area contributed by atoms with Crippen LogP contribution >= 0.6 is 0 Å². The fourth-order valence-corrected chi connectivity index (χ4v) is 2.72. The van der Waals surface area contributed by atoms with E-state index in [0.717, 1.165) is 17.3 Å². The Balaban J connectivity index is 3.15. The van der Waals surface area contributed by atoms with Gasteiger partial charge in [0.1, 0.15) is 10.6 Å². The molecule has 0 heterocycles. The predicted molar refractivity (Wildman–Crippen MR) is 84.5 cm³/mol. The van der Waals surface area contributed by atoms with Gasteiger partial charge in [-0.05, 0) is 25.1 Å². The normalized spacial score (nSPS) is 14.1. The lowest BCUT2D eigenvalue weighted by Crippen LogP contribution is -2.46. The van der Waals surface area contributed by atoms with Gasteiger partial charge < -0.3 is 20.3 Å². The number of aliphatic carboxylic acids is 1. The standard InChI is InChI=1S/C14H20N2O7S/c1-14(20,13(18)19)8-15-12(17)9-5-6-10(23-4)11(7-9)24(21,22)16(2)3/h5-7,20H,8H2,1-4H3,(H,15,17)(H,18,19). The first-order chi connectivity index (χ1) is 10.9. The summed E-state index contributed by atoms with van der Waals surface area (Å²) < 4.78 is 30.6. The van der Waals surface area contributed by atoms with Crippen molar-refractivity contribution in [3.63, 3.8) is 0 Å². The summed E-state index contributed by atoms with van der Waals surface area (Å²) in [6.45, 7) is 0.495. The molecule has 134 valence electrons. The van der Waals surface area contributed by atoms with Crippen LogP contribution in [-0.4, -0.2) is 68.2 Å². The molecule has 24 heavy (non-hydrogen) atoms. The summed E-state index contributed by atoms with van der Waals surface area (Å²) in [6, 6.07) is 3.78. The van der Waals surface area contributed by atoms with Crippen LogP contribution in [0.4, 0.5) is 0 Å². The summed E-state index contributed by atoms with van der Waals surface area (Å²) in [7, 11) is 0.130. The fourth-order valence-electron chi connectivity index (χ4n) is 1.65. The number of nitrogens with zero attached hydrogens (tertiary/aromatic N) is 1. The average molecular weight is 360 g/mol. The van der Waals surface area contributed by atoms with Crippen molar-refractivity contribution in [2.45, 2.75) is 17.4 Å². The summed E-state index contributed by atoms with van der Waals surface area (Å²) >= 11 is 0. The van der Waals surface area contributed by atoms with Crippen molar-refractivity contribution in [3.05, 3.63) is 23.8 Å². The molecule has 9 nitrogen and oxygen atoms in total. The SMILES string of the molecule is COc1ccc(C(=O)NCC(C)(O)C(=O)O)cc1S(=O)(=O)N(C)C. The Kier molecular flexibility index (Phi) is 5.93. The number of carbonyl (C=O) groups is 2. The number of methoxy groups -OCH3 is 1. The van der Waals surface area contributed by atoms with Gasteiger partial charge in [0.2, 0.25) is 10.0 Å². The number of carbonyl (C=O) groups excluding carboxylic acids is 1. The molecule has 0 bridgehead atoms. The smallest absolute Gasteiger partial charge is 0.337 e. The maximum Gasteiger partial charge on any atom is 0.337 e. The average Bonchev–Trinajstić information content (AvgIpc) is 2.51. The number of carboxylic acid groups (broad SMARTS) is 1. The van der Waals surface area contributed by atoms with Crippen molar-refractivity contribution in [2.75, 3.05) is 27.7 Å². The molecule has 0 aliphatic heterocycles. The van der Waals surface area contributed by atoms with Gasteiger partial charge in [-0.1, -0.05) is 0 Å². The third-order valence-corrected chi connectivity index (χ3v) is 5.07. The molecule has 3 N–H and O–H groups in total. The Morgan fingerprint density at radius 3 is 2.38 bits per heavy atom. The Hall–Kier alpha value is -2.17. The van der Waals surface area contributed by atoms with E-state index in [-0.39, 0.29) is 16.2 Å². The number of ether oxygens (including phenoxy) is 1. The molecule has 1 aromatic carbocycles. The van der Waals surface area contributed by atoms with E-state index in [1.807, 2.05) is 0 Å². The summed E-state index contributed by atoms with van der Waals surface area (Å²) in [5, 5.41) is 20.6. The molecule has 0 aliphatic carbocycles. The van der Waals surface area contributed by atoms with Gasteiger partial charge in [0.25, 0.3) is 5.91 Å². The van der Waals surface area contributed by atoms with E-state index in [0.29, 0.717) is 0 Å². The highest BCUT2D eigenvalue weighted by atomic mass is 32.2. The van der Waals surface area contributed by atoms with E-state index >= 15 is 0 Å². The van der Waals surface area contributed by atoms with Crippen molar-refractivity contribution in [3.8, 4) is 5.75 Å². The largest absolute Gasteiger partial charge is 0.495 e. The molecule has 0 aliphatic rings. The Morgan fingerprint density at radius 2 is 1.92 bits per heavy atom. The molecule has 0 spiro atoms. The topological polar surface area (TPSA) is 133 Å². The lowest BCUT2D eigenvalue weighted by atomic mass is 10.1. The quantitative estimate of drug-likeness (QED) is 0.597. The van der Waals surface area contributed by atoms with Crippen molar-refractivity contribution in [1.82, 2.24) is 9.62 Å². The van der Waals surface area contributed by atoms with E-state index in [1.54, 1.807) is 0 Å². The van der Waals surface area contributed by atoms with Crippen LogP contribution in [-0.2, 0) is 14.8 Å². The first kappa shape index (κ1) is 19.9. The molecular formula is C14H20N2O7S. The van der Waals surface area contributed by atoms with Gasteiger partial charge in [-0.15, -0.1) is 0 Å². The minimum absolute atomic E-state index is 0.0163. The summed E-state index contributed by atoms with van der Waals surface area (Å²) in [4.78, 5) is 22.7. The molecule has 1 amide bonds. The van der Waals surface area contributed by atoms with Gasteiger partial charge >= 0.3 is 5.97 Å². The van der Waals surface area contributed by atoms with Gasteiger partial charge in [0.15, 0.2) is 5.60 Å². The first-order valence-electron chi connectivity index (χ1n) is 6.78. The van der Waals surface area contributed by atoms with Crippen molar-refractivity contribution in [2.24, 2.45) is 0 Å². The molecule has 0 radical (unpaired) electrons. The highest BCUT2D eigenvalue weighted by molar-refractivity contribution is 7.89. The van der Waals surface area contributed by atoms with E-state index in [1.165, 1.54) is 33.3 Å². The zero-order valence-electron chi connectivity index (χ0n) is 13.7. The maximum atomic E-state index is 12.3. The van der Waals surface area contributed by atoms with E-state index in [9.17, 15) is 23.1 Å². The lowest BCUT2D eigenvalue weighted by molar-refractivity contribution is -0.155. The van der Waals surface area contributed by atoms with Crippen LogP contribution in [0.15, 0.2) is 23.1 Å². The second kappa shape index (κ2) is 7.16. The summed E-state index contributed by atoms with van der Waals surface area (Å²) in [5.74, 6) is -2.15. The Morgan fingerprint density at radius 1 is 1.33 bits per heavy atom. The van der Waals surface area contributed by atoms with Crippen molar-refractivity contribution in [1.29, 1.82) is 0 Å². The molecule has 10 heteroatoms. The number of hydrogen-bond donors (Lipinski definition) is 3. The van der Waals surface area contributed by atoms with Crippen LogP contribution in [0.3, 0.4) is 0 Å². The number of benzene rings is 1. The molecule has 1 aromatic rings. The minimum Gasteiger partial charge on any atom is -0.495 e. The highest BCUT2D eigenvalue weighted by Gasteiger charge is 2.31. The number of rotatable bonds is 7. The molecule has 0 aromatic heterocycles. The van der Waals surface area contributed by atoms with Crippen LogP contribution < -0.4 is 10.1 Å². The van der Waals surface area contributed by atoms with Gasteiger partial charge in [0, 0.05) is 19.7 Å². The third kappa shape index (κ3) is 4.22. The van der Waals surface area contributed by atoms with Crippen LogP contribution in [0.2, 0.25) is 0 Å². The van der Waals surface area contributed by atoms with E-state index < -0.39 is 34.0 Å². The molecule has 1 atom stereocenters. The van der Waals surface area contributed by atoms with Crippen LogP contribution in [0, 0.1) is 0 Å². The summed E-state index contributed by atoms with van der Waals surface area (Å²) in [6.07, 6.45) is 0.